The number of ketones is 2. The molecular weight excluding hydrogens is 466 g/mol. The first kappa shape index (κ1) is 23.9. The maximum atomic E-state index is 12.9. The Bertz CT molecular complexity index is 1440. The molecule has 1 aliphatic carbocycles. The van der Waals surface area contributed by atoms with Gasteiger partial charge in [0.15, 0.2) is 11.6 Å². The molecule has 0 saturated heterocycles. The summed E-state index contributed by atoms with van der Waals surface area (Å²) in [6.45, 7) is 3.51. The third kappa shape index (κ3) is 4.69. The van der Waals surface area contributed by atoms with Gasteiger partial charge in [0, 0.05) is 27.9 Å². The van der Waals surface area contributed by atoms with Crippen LogP contribution < -0.4 is 5.32 Å². The first-order valence-electron chi connectivity index (χ1n) is 10.7. The molecule has 3 aromatic rings. The van der Waals surface area contributed by atoms with Crippen LogP contribution >= 0.6 is 11.8 Å². The van der Waals surface area contributed by atoms with Crippen molar-refractivity contribution in [2.75, 3.05) is 17.7 Å². The average Bonchev–Trinajstić information content (AvgIpc) is 2.86. The van der Waals surface area contributed by atoms with Gasteiger partial charge in [0.05, 0.1) is 29.2 Å². The number of nitrogens with one attached hydrogen (secondary N) is 1. The number of aromatic nitrogens is 1. The predicted molar refractivity (Wildman–Crippen MR) is 129 cm³/mol. The van der Waals surface area contributed by atoms with Crippen LogP contribution in [-0.2, 0) is 9.53 Å². The second-order valence-electron chi connectivity index (χ2n) is 7.61. The number of hydrogen-bond acceptors (Lipinski definition) is 8. The fraction of sp³-hybridized carbons (Fsp3) is 0.154. The number of benzene rings is 2. The Morgan fingerprint density at radius 2 is 1.69 bits per heavy atom. The number of rotatable bonds is 6. The number of fused-ring (bicyclic) bond motifs is 2. The van der Waals surface area contributed by atoms with E-state index in [4.69, 9.17) is 4.74 Å². The van der Waals surface area contributed by atoms with Crippen LogP contribution in [0.1, 0.15) is 60.4 Å². The molecule has 0 unspecified atom stereocenters. The number of pyridine rings is 1. The Balaban J connectivity index is 1.48. The van der Waals surface area contributed by atoms with E-state index in [1.54, 1.807) is 44.2 Å². The predicted octanol–water partition coefficient (Wildman–Crippen LogP) is 3.94. The Morgan fingerprint density at radius 1 is 1.03 bits per heavy atom. The lowest BCUT2D eigenvalue weighted by Crippen LogP contribution is -2.21. The molecule has 35 heavy (non-hydrogen) atoms. The largest absolute Gasteiger partial charge is 0.462 e. The van der Waals surface area contributed by atoms with Crippen LogP contribution in [0.5, 0.6) is 0 Å². The van der Waals surface area contributed by atoms with Crippen molar-refractivity contribution in [2.45, 2.75) is 18.9 Å². The standard InChI is InChI=1S/C26H19N3O5S/c1-3-34-26(33)20-10-15(12-27)25(28-14(20)2)35-13-22(30)29-16-8-9-19-21(11-16)24(32)18-7-5-4-6-17(18)23(19)31/h4-11H,3,13H2,1-2H3,(H,29,30). The quantitative estimate of drug-likeness (QED) is 0.321. The molecule has 174 valence electrons. The van der Waals surface area contributed by atoms with Crippen molar-refractivity contribution in [3.8, 4) is 6.07 Å². The Kier molecular flexibility index (Phi) is 6.75. The molecule has 1 N–H and O–H groups in total. The molecule has 4 rings (SSSR count). The Morgan fingerprint density at radius 3 is 2.34 bits per heavy atom. The summed E-state index contributed by atoms with van der Waals surface area (Å²) in [6, 6.07) is 14.6. The van der Waals surface area contributed by atoms with Gasteiger partial charge >= 0.3 is 5.97 Å². The molecule has 0 fully saturated rings. The zero-order valence-electron chi connectivity index (χ0n) is 18.9. The molecule has 0 atom stereocenters. The van der Waals surface area contributed by atoms with Crippen molar-refractivity contribution in [1.82, 2.24) is 4.98 Å². The highest BCUT2D eigenvalue weighted by Gasteiger charge is 2.29. The fourth-order valence-electron chi connectivity index (χ4n) is 3.70. The number of thioether (sulfide) groups is 1. The molecule has 0 saturated carbocycles. The van der Waals surface area contributed by atoms with E-state index >= 15 is 0 Å². The number of amides is 1. The molecule has 1 aromatic heterocycles. The molecule has 2 aromatic carbocycles. The second-order valence-corrected chi connectivity index (χ2v) is 8.57. The van der Waals surface area contributed by atoms with Crippen molar-refractivity contribution in [1.29, 1.82) is 5.26 Å². The molecule has 1 amide bonds. The second kappa shape index (κ2) is 9.91. The van der Waals surface area contributed by atoms with Crippen LogP contribution in [-0.4, -0.2) is 40.8 Å². The number of aryl methyl sites for hydroxylation is 1. The average molecular weight is 486 g/mol. The third-order valence-electron chi connectivity index (χ3n) is 5.34. The molecule has 8 nitrogen and oxygen atoms in total. The monoisotopic (exact) mass is 485 g/mol. The molecule has 0 spiro atoms. The van der Waals surface area contributed by atoms with Crippen LogP contribution in [0.25, 0.3) is 0 Å². The number of nitrogens with zero attached hydrogens (tertiary/aromatic N) is 2. The number of esters is 1. The maximum Gasteiger partial charge on any atom is 0.340 e. The number of carbonyl (C=O) groups excluding carboxylic acids is 4. The summed E-state index contributed by atoms with van der Waals surface area (Å²) >= 11 is 1.05. The van der Waals surface area contributed by atoms with E-state index in [2.05, 4.69) is 10.3 Å². The molecular formula is C26H19N3O5S. The van der Waals surface area contributed by atoms with Crippen LogP contribution in [0.2, 0.25) is 0 Å². The van der Waals surface area contributed by atoms with Gasteiger partial charge in [-0.05, 0) is 38.1 Å². The van der Waals surface area contributed by atoms with Crippen LogP contribution in [0, 0.1) is 18.3 Å². The SMILES string of the molecule is CCOC(=O)c1cc(C#N)c(SCC(=O)Nc2ccc3c(c2)C(=O)c2ccccc2C3=O)nc1C. The van der Waals surface area contributed by atoms with Gasteiger partial charge in [-0.2, -0.15) is 5.26 Å². The van der Waals surface area contributed by atoms with Crippen molar-refractivity contribution in [2.24, 2.45) is 0 Å². The van der Waals surface area contributed by atoms with Gasteiger partial charge in [-0.25, -0.2) is 9.78 Å². The zero-order valence-corrected chi connectivity index (χ0v) is 19.7. The van der Waals surface area contributed by atoms with E-state index in [9.17, 15) is 24.4 Å². The topological polar surface area (TPSA) is 126 Å². The van der Waals surface area contributed by atoms with Gasteiger partial charge in [0.2, 0.25) is 5.91 Å². The van der Waals surface area contributed by atoms with E-state index in [0.717, 1.165) is 11.8 Å². The Labute approximate surface area is 205 Å². The number of ether oxygens (including phenoxy) is 1. The van der Waals surface area contributed by atoms with Crippen molar-refractivity contribution in [3.05, 3.63) is 87.6 Å². The molecule has 0 bridgehead atoms. The lowest BCUT2D eigenvalue weighted by molar-refractivity contribution is -0.113. The minimum absolute atomic E-state index is 0.0628. The van der Waals surface area contributed by atoms with Crippen LogP contribution in [0.4, 0.5) is 5.69 Å². The smallest absolute Gasteiger partial charge is 0.340 e. The van der Waals surface area contributed by atoms with Gasteiger partial charge in [-0.15, -0.1) is 0 Å². The minimum Gasteiger partial charge on any atom is -0.462 e. The van der Waals surface area contributed by atoms with Crippen molar-refractivity contribution < 1.29 is 23.9 Å². The van der Waals surface area contributed by atoms with E-state index in [0.29, 0.717) is 33.1 Å². The summed E-state index contributed by atoms with van der Waals surface area (Å²) in [5.41, 5.74) is 2.35. The van der Waals surface area contributed by atoms with E-state index < -0.39 is 5.97 Å². The van der Waals surface area contributed by atoms with Gasteiger partial charge in [-0.3, -0.25) is 14.4 Å². The highest BCUT2D eigenvalue weighted by atomic mass is 32.2. The first-order chi connectivity index (χ1) is 16.8. The van der Waals surface area contributed by atoms with E-state index in [-0.39, 0.29) is 46.5 Å². The summed E-state index contributed by atoms with van der Waals surface area (Å²) in [5, 5.41) is 12.5. The molecule has 1 heterocycles. The van der Waals surface area contributed by atoms with Crippen molar-refractivity contribution >= 4 is 40.9 Å². The van der Waals surface area contributed by atoms with Gasteiger partial charge in [0.1, 0.15) is 11.1 Å². The highest BCUT2D eigenvalue weighted by Crippen LogP contribution is 2.29. The maximum absolute atomic E-state index is 12.9. The Hall–Kier alpha value is -4.29. The lowest BCUT2D eigenvalue weighted by atomic mass is 9.84. The summed E-state index contributed by atoms with van der Waals surface area (Å²) in [6.07, 6.45) is 0. The number of nitriles is 1. The van der Waals surface area contributed by atoms with Crippen molar-refractivity contribution in [3.63, 3.8) is 0 Å². The minimum atomic E-state index is -0.564. The summed E-state index contributed by atoms with van der Waals surface area (Å²) in [5.74, 6) is -1.53. The zero-order chi connectivity index (χ0) is 25.1. The summed E-state index contributed by atoms with van der Waals surface area (Å²) < 4.78 is 4.98. The molecule has 0 radical (unpaired) electrons. The number of anilines is 1. The molecule has 0 aliphatic heterocycles. The number of carbonyl (C=O) groups is 4. The first-order valence-corrected chi connectivity index (χ1v) is 11.7. The van der Waals surface area contributed by atoms with Crippen LogP contribution in [0.15, 0.2) is 53.6 Å². The lowest BCUT2D eigenvalue weighted by Gasteiger charge is -2.18. The van der Waals surface area contributed by atoms with Gasteiger partial charge < -0.3 is 10.1 Å². The normalized spacial score (nSPS) is 11.8. The van der Waals surface area contributed by atoms with Gasteiger partial charge in [0.25, 0.3) is 0 Å². The molecule has 9 heteroatoms. The number of hydrogen-bond donors (Lipinski definition) is 1. The fourth-order valence-corrected chi connectivity index (χ4v) is 4.50. The van der Waals surface area contributed by atoms with Crippen LogP contribution in [0.3, 0.4) is 0 Å². The van der Waals surface area contributed by atoms with Gasteiger partial charge in [-0.1, -0.05) is 36.0 Å². The highest BCUT2D eigenvalue weighted by molar-refractivity contribution is 8.00. The third-order valence-corrected chi connectivity index (χ3v) is 6.33. The van der Waals surface area contributed by atoms with E-state index in [1.807, 2.05) is 6.07 Å². The van der Waals surface area contributed by atoms with E-state index in [1.165, 1.54) is 18.2 Å². The molecule has 1 aliphatic rings. The summed E-state index contributed by atoms with van der Waals surface area (Å²) in [4.78, 5) is 54.5. The summed E-state index contributed by atoms with van der Waals surface area (Å²) in [7, 11) is 0.